The Morgan fingerprint density at radius 3 is 2.65 bits per heavy atom. The summed E-state index contributed by atoms with van der Waals surface area (Å²) in [7, 11) is 0. The molecule has 17 heavy (non-hydrogen) atoms. The second-order valence-corrected chi connectivity index (χ2v) is 4.29. The van der Waals surface area contributed by atoms with Crippen molar-refractivity contribution in [3.8, 4) is 6.07 Å². The maximum Gasteiger partial charge on any atom is 0.272 e. The van der Waals surface area contributed by atoms with Gasteiger partial charge in [0, 0.05) is 13.1 Å². The predicted octanol–water partition coefficient (Wildman–Crippen LogP) is 1.89. The Morgan fingerprint density at radius 2 is 2.06 bits per heavy atom. The molecule has 4 heteroatoms. The average molecular weight is 229 g/mol. The molecule has 1 aliphatic heterocycles. The van der Waals surface area contributed by atoms with Crippen molar-refractivity contribution >= 4 is 5.91 Å². The van der Waals surface area contributed by atoms with E-state index >= 15 is 0 Å². The smallest absolute Gasteiger partial charge is 0.272 e. The molecule has 0 bridgehead atoms. The number of nitrogens with zero attached hydrogens (tertiary/aromatic N) is 3. The summed E-state index contributed by atoms with van der Waals surface area (Å²) in [6, 6.07) is 5.36. The lowest BCUT2D eigenvalue weighted by molar-refractivity contribution is 0.0718. The minimum absolute atomic E-state index is 0.0164. The molecule has 1 aliphatic rings. The Labute approximate surface area is 101 Å². The van der Waals surface area contributed by atoms with Crippen LogP contribution in [0.4, 0.5) is 0 Å². The second kappa shape index (κ2) is 4.96. The van der Waals surface area contributed by atoms with Gasteiger partial charge in [0.25, 0.3) is 5.91 Å². The van der Waals surface area contributed by atoms with Crippen LogP contribution in [0.5, 0.6) is 0 Å². The summed E-state index contributed by atoms with van der Waals surface area (Å²) >= 11 is 0. The van der Waals surface area contributed by atoms with Gasteiger partial charge in [-0.25, -0.2) is 4.98 Å². The van der Waals surface area contributed by atoms with E-state index in [1.165, 1.54) is 6.42 Å². The molecule has 4 nitrogen and oxygen atoms in total. The van der Waals surface area contributed by atoms with E-state index in [9.17, 15) is 4.79 Å². The number of rotatable bonds is 1. The number of carbonyl (C=O) groups excluding carboxylic acids is 1. The van der Waals surface area contributed by atoms with E-state index in [2.05, 4.69) is 11.1 Å². The molecule has 1 aromatic rings. The Kier molecular flexibility index (Phi) is 3.38. The van der Waals surface area contributed by atoms with E-state index in [-0.39, 0.29) is 5.91 Å². The van der Waals surface area contributed by atoms with E-state index in [1.54, 1.807) is 19.1 Å². The third-order valence-electron chi connectivity index (χ3n) is 3.07. The normalized spacial score (nSPS) is 15.4. The molecule has 2 rings (SSSR count). The predicted molar refractivity (Wildman–Crippen MR) is 63.4 cm³/mol. The summed E-state index contributed by atoms with van der Waals surface area (Å²) in [5.74, 6) is -0.0164. The van der Waals surface area contributed by atoms with Crippen LogP contribution in [0.15, 0.2) is 12.1 Å². The molecule has 1 fully saturated rings. The minimum atomic E-state index is -0.0164. The van der Waals surface area contributed by atoms with Crippen LogP contribution in [0.3, 0.4) is 0 Å². The van der Waals surface area contributed by atoms with Gasteiger partial charge < -0.3 is 4.90 Å². The molecule has 88 valence electrons. The zero-order valence-electron chi connectivity index (χ0n) is 9.94. The summed E-state index contributed by atoms with van der Waals surface area (Å²) in [6.45, 7) is 3.39. The third kappa shape index (κ3) is 2.44. The highest BCUT2D eigenvalue weighted by atomic mass is 16.2. The average Bonchev–Trinajstić information content (AvgIpc) is 2.39. The van der Waals surface area contributed by atoms with Gasteiger partial charge in [0.05, 0.1) is 11.3 Å². The molecule has 1 saturated heterocycles. The van der Waals surface area contributed by atoms with Gasteiger partial charge in [0.15, 0.2) is 0 Å². The molecule has 0 radical (unpaired) electrons. The lowest BCUT2D eigenvalue weighted by Gasteiger charge is -2.26. The first kappa shape index (κ1) is 11.6. The van der Waals surface area contributed by atoms with Gasteiger partial charge in [-0.2, -0.15) is 5.26 Å². The molecule has 0 saturated carbocycles. The molecule has 0 aliphatic carbocycles. The maximum absolute atomic E-state index is 12.1. The molecule has 0 atom stereocenters. The quantitative estimate of drug-likeness (QED) is 0.738. The van der Waals surface area contributed by atoms with Gasteiger partial charge in [0.2, 0.25) is 0 Å². The van der Waals surface area contributed by atoms with Crippen molar-refractivity contribution in [2.45, 2.75) is 26.2 Å². The molecule has 0 spiro atoms. The summed E-state index contributed by atoms with van der Waals surface area (Å²) in [5.41, 5.74) is 1.60. The zero-order valence-corrected chi connectivity index (χ0v) is 9.94. The zero-order chi connectivity index (χ0) is 12.3. The first-order valence-electron chi connectivity index (χ1n) is 5.89. The summed E-state index contributed by atoms with van der Waals surface area (Å²) in [6.07, 6.45) is 3.34. The lowest BCUT2D eigenvalue weighted by Crippen LogP contribution is -2.36. The molecule has 0 aromatic carbocycles. The molecule has 1 amide bonds. The van der Waals surface area contributed by atoms with Crippen LogP contribution >= 0.6 is 0 Å². The fourth-order valence-electron chi connectivity index (χ4n) is 2.06. The number of likely N-dealkylation sites (tertiary alicyclic amines) is 1. The number of hydrogen-bond donors (Lipinski definition) is 0. The molecule has 1 aromatic heterocycles. The molecular formula is C13H15N3O. The van der Waals surface area contributed by atoms with Crippen LogP contribution in [-0.4, -0.2) is 28.9 Å². The van der Waals surface area contributed by atoms with Crippen molar-refractivity contribution < 1.29 is 4.79 Å². The molecule has 2 heterocycles. The maximum atomic E-state index is 12.1. The summed E-state index contributed by atoms with van der Waals surface area (Å²) in [5, 5.41) is 8.81. The summed E-state index contributed by atoms with van der Waals surface area (Å²) < 4.78 is 0. The highest BCUT2D eigenvalue weighted by Crippen LogP contribution is 2.13. The number of aromatic nitrogens is 1. The molecular weight excluding hydrogens is 214 g/mol. The van der Waals surface area contributed by atoms with Crippen molar-refractivity contribution in [2.75, 3.05) is 13.1 Å². The Hall–Kier alpha value is -1.89. The number of nitriles is 1. The topological polar surface area (TPSA) is 57.0 Å². The van der Waals surface area contributed by atoms with Crippen molar-refractivity contribution in [1.82, 2.24) is 9.88 Å². The van der Waals surface area contributed by atoms with Crippen molar-refractivity contribution in [1.29, 1.82) is 5.26 Å². The number of carbonyl (C=O) groups is 1. The highest BCUT2D eigenvalue weighted by Gasteiger charge is 2.19. The Bertz CT molecular complexity index is 470. The second-order valence-electron chi connectivity index (χ2n) is 4.29. The van der Waals surface area contributed by atoms with Gasteiger partial charge >= 0.3 is 0 Å². The van der Waals surface area contributed by atoms with E-state index < -0.39 is 0 Å². The third-order valence-corrected chi connectivity index (χ3v) is 3.07. The first-order chi connectivity index (χ1) is 8.22. The van der Waals surface area contributed by atoms with Crippen LogP contribution in [-0.2, 0) is 0 Å². The Balaban J connectivity index is 2.19. The fourth-order valence-corrected chi connectivity index (χ4v) is 2.06. The Morgan fingerprint density at radius 1 is 1.35 bits per heavy atom. The van der Waals surface area contributed by atoms with Gasteiger partial charge in [-0.3, -0.25) is 4.79 Å². The van der Waals surface area contributed by atoms with Gasteiger partial charge in [-0.15, -0.1) is 0 Å². The van der Waals surface area contributed by atoms with Crippen LogP contribution in [0.2, 0.25) is 0 Å². The van der Waals surface area contributed by atoms with Crippen LogP contribution < -0.4 is 0 Å². The number of aryl methyl sites for hydroxylation is 1. The number of piperidine rings is 1. The van der Waals surface area contributed by atoms with Crippen molar-refractivity contribution in [3.05, 3.63) is 29.1 Å². The largest absolute Gasteiger partial charge is 0.337 e. The van der Waals surface area contributed by atoms with Crippen molar-refractivity contribution in [2.24, 2.45) is 0 Å². The number of pyridine rings is 1. The molecule has 0 N–H and O–H groups in total. The van der Waals surface area contributed by atoms with Gasteiger partial charge in [0.1, 0.15) is 11.8 Å². The van der Waals surface area contributed by atoms with E-state index in [0.29, 0.717) is 17.0 Å². The van der Waals surface area contributed by atoms with Gasteiger partial charge in [-0.05, 0) is 38.3 Å². The fraction of sp³-hybridized carbons (Fsp3) is 0.462. The van der Waals surface area contributed by atoms with Crippen LogP contribution in [0.25, 0.3) is 0 Å². The van der Waals surface area contributed by atoms with Gasteiger partial charge in [-0.1, -0.05) is 0 Å². The molecule has 0 unspecified atom stereocenters. The van der Waals surface area contributed by atoms with E-state index in [1.807, 2.05) is 4.90 Å². The first-order valence-corrected chi connectivity index (χ1v) is 5.89. The van der Waals surface area contributed by atoms with Crippen molar-refractivity contribution in [3.63, 3.8) is 0 Å². The highest BCUT2D eigenvalue weighted by molar-refractivity contribution is 5.92. The lowest BCUT2D eigenvalue weighted by atomic mass is 10.1. The SMILES string of the molecule is Cc1nc(C(=O)N2CCCCC2)ccc1C#N. The monoisotopic (exact) mass is 229 g/mol. The van der Waals surface area contributed by atoms with Crippen LogP contribution in [0.1, 0.15) is 41.0 Å². The number of amides is 1. The van der Waals surface area contributed by atoms with E-state index in [0.717, 1.165) is 25.9 Å². The minimum Gasteiger partial charge on any atom is -0.337 e. The number of hydrogen-bond acceptors (Lipinski definition) is 3. The summed E-state index contributed by atoms with van der Waals surface area (Å²) in [4.78, 5) is 18.2. The van der Waals surface area contributed by atoms with E-state index in [4.69, 9.17) is 5.26 Å². The standard InChI is InChI=1S/C13H15N3O/c1-10-11(9-14)5-6-12(15-10)13(17)16-7-3-2-4-8-16/h5-6H,2-4,7-8H2,1H3. The van der Waals surface area contributed by atoms with Crippen LogP contribution in [0, 0.1) is 18.3 Å².